The molecular weight excluding hydrogens is 432 g/mol. The van der Waals surface area contributed by atoms with E-state index in [4.69, 9.17) is 0 Å². The SMILES string of the molecule is C=C(NC(CO)CCC(=O)N1CCC(=C2c3ccccc3CCc3ccccc32)CC1)C(C)(C)C. The third-order valence-electron chi connectivity index (χ3n) is 7.52. The number of allylic oxidation sites excluding steroid dienone is 1. The van der Waals surface area contributed by atoms with E-state index in [1.807, 2.05) is 4.90 Å². The predicted octanol–water partition coefficient (Wildman–Crippen LogP) is 5.50. The van der Waals surface area contributed by atoms with Crippen molar-refractivity contribution in [3.05, 3.63) is 88.6 Å². The minimum atomic E-state index is -0.146. The molecule has 0 saturated carbocycles. The number of amides is 1. The zero-order chi connectivity index (χ0) is 25.0. The van der Waals surface area contributed by atoms with Crippen molar-refractivity contribution < 1.29 is 9.90 Å². The number of aliphatic hydroxyl groups is 1. The van der Waals surface area contributed by atoms with Crippen LogP contribution in [0.1, 0.15) is 68.7 Å². The lowest BCUT2D eigenvalue weighted by molar-refractivity contribution is -0.131. The summed E-state index contributed by atoms with van der Waals surface area (Å²) in [5, 5.41) is 13.1. The highest BCUT2D eigenvalue weighted by Crippen LogP contribution is 2.38. The lowest BCUT2D eigenvalue weighted by Crippen LogP contribution is -2.39. The standard InChI is InChI=1S/C31H40N2O2/c1-22(31(2,3)4)32-26(21-34)15-16-29(35)33-19-17-25(18-20-33)30-27-11-7-5-9-23(27)13-14-24-10-6-8-12-28(24)30/h5-12,26,32,34H,1,13-21H2,2-4H3. The maximum atomic E-state index is 13.0. The van der Waals surface area contributed by atoms with Gasteiger partial charge in [-0.2, -0.15) is 0 Å². The van der Waals surface area contributed by atoms with Crippen LogP contribution in [0.2, 0.25) is 0 Å². The van der Waals surface area contributed by atoms with Crippen LogP contribution < -0.4 is 5.32 Å². The van der Waals surface area contributed by atoms with E-state index in [-0.39, 0.29) is 24.0 Å². The Balaban J connectivity index is 1.45. The average molecular weight is 473 g/mol. The molecule has 2 aromatic carbocycles. The largest absolute Gasteiger partial charge is 0.394 e. The number of hydrogen-bond acceptors (Lipinski definition) is 3. The number of nitrogens with zero attached hydrogens (tertiary/aromatic N) is 1. The second-order valence-corrected chi connectivity index (χ2v) is 11.0. The van der Waals surface area contributed by atoms with E-state index in [0.29, 0.717) is 12.8 Å². The van der Waals surface area contributed by atoms with E-state index in [1.54, 1.807) is 0 Å². The van der Waals surface area contributed by atoms with Gasteiger partial charge in [-0.3, -0.25) is 4.79 Å². The lowest BCUT2D eigenvalue weighted by Gasteiger charge is -2.32. The fraction of sp³-hybridized carbons (Fsp3) is 0.452. The van der Waals surface area contributed by atoms with Crippen molar-refractivity contribution in [2.75, 3.05) is 19.7 Å². The van der Waals surface area contributed by atoms with Crippen LogP contribution in [0.5, 0.6) is 0 Å². The van der Waals surface area contributed by atoms with Crippen molar-refractivity contribution >= 4 is 11.5 Å². The Labute approximate surface area is 210 Å². The van der Waals surface area contributed by atoms with Crippen LogP contribution in [0.3, 0.4) is 0 Å². The van der Waals surface area contributed by atoms with E-state index in [1.165, 1.54) is 33.4 Å². The number of rotatable bonds is 6. The first-order valence-corrected chi connectivity index (χ1v) is 13.0. The summed E-state index contributed by atoms with van der Waals surface area (Å²) in [5.41, 5.74) is 9.24. The zero-order valence-corrected chi connectivity index (χ0v) is 21.6. The number of aryl methyl sites for hydroxylation is 2. The molecule has 35 heavy (non-hydrogen) atoms. The van der Waals surface area contributed by atoms with Crippen molar-refractivity contribution in [2.24, 2.45) is 5.41 Å². The van der Waals surface area contributed by atoms with Gasteiger partial charge in [0, 0.05) is 36.7 Å². The third kappa shape index (κ3) is 5.87. The number of carbonyl (C=O) groups is 1. The summed E-state index contributed by atoms with van der Waals surface area (Å²) in [6.45, 7) is 11.9. The number of nitrogens with one attached hydrogen (secondary N) is 1. The highest BCUT2D eigenvalue weighted by Gasteiger charge is 2.26. The molecule has 1 heterocycles. The van der Waals surface area contributed by atoms with E-state index in [9.17, 15) is 9.90 Å². The topological polar surface area (TPSA) is 52.6 Å². The number of aliphatic hydroxyl groups excluding tert-OH is 1. The third-order valence-corrected chi connectivity index (χ3v) is 7.52. The molecule has 1 aliphatic carbocycles. The predicted molar refractivity (Wildman–Crippen MR) is 144 cm³/mol. The summed E-state index contributed by atoms with van der Waals surface area (Å²) in [7, 11) is 0. The van der Waals surface area contributed by atoms with Crippen LogP contribution in [-0.2, 0) is 17.6 Å². The Kier molecular flexibility index (Phi) is 7.81. The van der Waals surface area contributed by atoms with Gasteiger partial charge in [-0.1, -0.05) is 81.5 Å². The van der Waals surface area contributed by atoms with E-state index in [0.717, 1.165) is 44.5 Å². The molecule has 4 heteroatoms. The van der Waals surface area contributed by atoms with Gasteiger partial charge in [0.1, 0.15) is 0 Å². The fourth-order valence-corrected chi connectivity index (χ4v) is 5.16. The van der Waals surface area contributed by atoms with Gasteiger partial charge in [0.15, 0.2) is 0 Å². The molecule has 1 amide bonds. The second kappa shape index (κ2) is 10.8. The Bertz CT molecular complexity index is 1050. The van der Waals surface area contributed by atoms with Crippen LogP contribution >= 0.6 is 0 Å². The molecule has 4 rings (SSSR count). The van der Waals surface area contributed by atoms with Gasteiger partial charge in [-0.15, -0.1) is 0 Å². The summed E-state index contributed by atoms with van der Waals surface area (Å²) >= 11 is 0. The van der Waals surface area contributed by atoms with Gasteiger partial charge in [-0.05, 0) is 59.9 Å². The maximum Gasteiger partial charge on any atom is 0.222 e. The van der Waals surface area contributed by atoms with E-state index < -0.39 is 0 Å². The molecule has 0 aromatic heterocycles. The van der Waals surface area contributed by atoms with Crippen molar-refractivity contribution in [3.8, 4) is 0 Å². The highest BCUT2D eigenvalue weighted by atomic mass is 16.3. The van der Waals surface area contributed by atoms with Crippen LogP contribution in [-0.4, -0.2) is 41.7 Å². The van der Waals surface area contributed by atoms with Crippen LogP contribution in [0.25, 0.3) is 5.57 Å². The zero-order valence-electron chi connectivity index (χ0n) is 21.6. The van der Waals surface area contributed by atoms with Crippen LogP contribution in [0.15, 0.2) is 66.4 Å². The molecule has 0 radical (unpaired) electrons. The average Bonchev–Trinajstić information content (AvgIpc) is 3.02. The van der Waals surface area contributed by atoms with Gasteiger partial charge in [0.25, 0.3) is 0 Å². The Morgan fingerprint density at radius 3 is 2.03 bits per heavy atom. The number of likely N-dealkylation sites (tertiary alicyclic amines) is 1. The summed E-state index contributed by atoms with van der Waals surface area (Å²) in [6.07, 6.45) is 4.99. The fourth-order valence-electron chi connectivity index (χ4n) is 5.16. The summed E-state index contributed by atoms with van der Waals surface area (Å²) in [5.74, 6) is 0.178. The monoisotopic (exact) mass is 472 g/mol. The molecule has 2 N–H and O–H groups in total. The quantitative estimate of drug-likeness (QED) is 0.584. The highest BCUT2D eigenvalue weighted by molar-refractivity contribution is 5.86. The first-order valence-electron chi connectivity index (χ1n) is 13.0. The van der Waals surface area contributed by atoms with Crippen molar-refractivity contribution in [1.29, 1.82) is 0 Å². The number of benzene rings is 2. The molecule has 186 valence electrons. The maximum absolute atomic E-state index is 13.0. The second-order valence-electron chi connectivity index (χ2n) is 11.0. The molecule has 2 aliphatic rings. The van der Waals surface area contributed by atoms with E-state index >= 15 is 0 Å². The molecule has 0 spiro atoms. The first-order chi connectivity index (χ1) is 16.8. The van der Waals surface area contributed by atoms with Gasteiger partial charge >= 0.3 is 0 Å². The van der Waals surface area contributed by atoms with Crippen LogP contribution in [0.4, 0.5) is 0 Å². The molecule has 1 saturated heterocycles. The molecular formula is C31H40N2O2. The molecule has 4 nitrogen and oxygen atoms in total. The number of fused-ring (bicyclic) bond motifs is 2. The summed E-state index contributed by atoms with van der Waals surface area (Å²) in [6, 6.07) is 17.5. The Morgan fingerprint density at radius 1 is 0.971 bits per heavy atom. The number of hydrogen-bond donors (Lipinski definition) is 2. The normalized spacial score (nSPS) is 16.7. The van der Waals surface area contributed by atoms with Gasteiger partial charge < -0.3 is 15.3 Å². The Hall–Kier alpha value is -2.85. The number of piperidine rings is 1. The van der Waals surface area contributed by atoms with Gasteiger partial charge in [0.2, 0.25) is 5.91 Å². The van der Waals surface area contributed by atoms with Crippen LogP contribution in [0, 0.1) is 5.41 Å². The van der Waals surface area contributed by atoms with E-state index in [2.05, 4.69) is 81.2 Å². The molecule has 1 unspecified atom stereocenters. The van der Waals surface area contributed by atoms with Gasteiger partial charge in [0.05, 0.1) is 6.61 Å². The summed E-state index contributed by atoms with van der Waals surface area (Å²) in [4.78, 5) is 15.0. The first kappa shape index (κ1) is 25.2. The number of carbonyl (C=O) groups excluding carboxylic acids is 1. The van der Waals surface area contributed by atoms with Crippen molar-refractivity contribution in [3.63, 3.8) is 0 Å². The minimum Gasteiger partial charge on any atom is -0.394 e. The smallest absolute Gasteiger partial charge is 0.222 e. The van der Waals surface area contributed by atoms with Gasteiger partial charge in [-0.25, -0.2) is 0 Å². The van der Waals surface area contributed by atoms with Crippen molar-refractivity contribution in [2.45, 2.75) is 65.3 Å². The Morgan fingerprint density at radius 2 is 1.51 bits per heavy atom. The summed E-state index contributed by atoms with van der Waals surface area (Å²) < 4.78 is 0. The molecule has 2 aromatic rings. The molecule has 1 atom stereocenters. The molecule has 0 bridgehead atoms. The minimum absolute atomic E-state index is 0.00254. The molecule has 1 aliphatic heterocycles. The lowest BCUT2D eigenvalue weighted by atomic mass is 9.86. The molecule has 1 fully saturated rings. The van der Waals surface area contributed by atoms with Crippen molar-refractivity contribution in [1.82, 2.24) is 10.2 Å².